The first-order valence-electron chi connectivity index (χ1n) is 39.2. The van der Waals surface area contributed by atoms with Gasteiger partial charge in [-0.1, -0.05) is 317 Å². The quantitative estimate of drug-likeness (QED) is 0.0169. The van der Waals surface area contributed by atoms with Crippen LogP contribution in [0, 0.1) is 17.8 Å². The average Bonchev–Trinajstić information content (AvgIpc) is 1.18. The minimum absolute atomic E-state index is 0.0981. The normalized spacial score (nSPS) is 14.5. The van der Waals surface area contributed by atoms with E-state index < -0.39 is 97.5 Å². The molecule has 3 N–H and O–H groups in total. The van der Waals surface area contributed by atoms with E-state index in [4.69, 9.17) is 37.0 Å². The van der Waals surface area contributed by atoms with Gasteiger partial charge in [0, 0.05) is 25.7 Å². The number of phosphoric acid groups is 2. The summed E-state index contributed by atoms with van der Waals surface area (Å²) in [5.74, 6) is 0.121. The van der Waals surface area contributed by atoms with Gasteiger partial charge in [-0.05, 0) is 69.1 Å². The predicted molar refractivity (Wildman–Crippen MR) is 390 cm³/mol. The van der Waals surface area contributed by atoms with E-state index in [0.717, 1.165) is 133 Å². The number of phosphoric ester groups is 2. The fourth-order valence-corrected chi connectivity index (χ4v) is 12.8. The molecule has 17 nitrogen and oxygen atoms in total. The Hall–Kier alpha value is -2.46. The van der Waals surface area contributed by atoms with Gasteiger partial charge >= 0.3 is 39.5 Å². The van der Waals surface area contributed by atoms with Crippen molar-refractivity contribution in [3.8, 4) is 0 Å². The number of carbonyl (C=O) groups is 4. The van der Waals surface area contributed by atoms with Crippen LogP contribution in [0.25, 0.3) is 0 Å². The van der Waals surface area contributed by atoms with E-state index in [-0.39, 0.29) is 25.7 Å². The third-order valence-electron chi connectivity index (χ3n) is 17.6. The molecule has 0 aromatic rings. The Morgan fingerprint density at radius 2 is 0.615 bits per heavy atom. The van der Waals surface area contributed by atoms with Gasteiger partial charge < -0.3 is 33.8 Å². The van der Waals surface area contributed by atoms with Crippen LogP contribution in [-0.4, -0.2) is 96.7 Å². The molecule has 0 heterocycles. The van der Waals surface area contributed by atoms with Gasteiger partial charge in [-0.3, -0.25) is 37.3 Å². The monoisotopic (exact) mass is 1410 g/mol. The van der Waals surface area contributed by atoms with E-state index in [1.807, 2.05) is 0 Å². The summed E-state index contributed by atoms with van der Waals surface area (Å²) >= 11 is 0. The van der Waals surface area contributed by atoms with Crippen molar-refractivity contribution in [2.24, 2.45) is 17.8 Å². The summed E-state index contributed by atoms with van der Waals surface area (Å²) in [6, 6.07) is 0. The van der Waals surface area contributed by atoms with E-state index >= 15 is 0 Å². The summed E-state index contributed by atoms with van der Waals surface area (Å²) in [7, 11) is -9.92. The maximum absolute atomic E-state index is 13.1. The van der Waals surface area contributed by atoms with Crippen LogP contribution in [0.3, 0.4) is 0 Å². The molecular weight excluding hydrogens is 1260 g/mol. The minimum atomic E-state index is -4.96. The fourth-order valence-electron chi connectivity index (χ4n) is 11.2. The standard InChI is InChI=1S/C77H146O17P2/c1-8-10-11-12-13-14-15-16-19-23-26-31-36-44-51-58-74(79)87-64-72(93-77(82)61-54-47-38-33-28-30-35-42-49-56-69(5)6)66-91-95(83,84)89-62-71(78)63-90-96(85,86)92-67-73(65-88-75(80)59-52-45-40-39-43-50-57-70(7)9-2)94-76(81)60-53-46-37-32-27-24-21-18-17-20-22-25-29-34-41-48-55-68(3)4/h14-16,19,68-73,78H,8-13,17-18,20-67H2,1-7H3,(H,83,84)(H,85,86)/b15-14-,19-16-/t70?,71-,72-,73-/m1/s1. The van der Waals surface area contributed by atoms with E-state index in [1.54, 1.807) is 0 Å². The smallest absolute Gasteiger partial charge is 0.462 e. The van der Waals surface area contributed by atoms with Gasteiger partial charge in [0.15, 0.2) is 12.2 Å². The van der Waals surface area contributed by atoms with E-state index in [1.165, 1.54) is 154 Å². The van der Waals surface area contributed by atoms with Crippen LogP contribution in [0.1, 0.15) is 370 Å². The van der Waals surface area contributed by atoms with Crippen molar-refractivity contribution >= 4 is 39.5 Å². The highest BCUT2D eigenvalue weighted by Crippen LogP contribution is 2.45. The van der Waals surface area contributed by atoms with Crippen LogP contribution in [-0.2, 0) is 65.4 Å². The molecule has 0 aromatic heterocycles. The number of hydrogen-bond acceptors (Lipinski definition) is 15. The number of rotatable bonds is 73. The van der Waals surface area contributed by atoms with Gasteiger partial charge in [0.05, 0.1) is 26.4 Å². The van der Waals surface area contributed by atoms with Gasteiger partial charge in [-0.2, -0.15) is 0 Å². The number of esters is 4. The maximum Gasteiger partial charge on any atom is 0.472 e. The summed E-state index contributed by atoms with van der Waals surface area (Å²) in [6.07, 6.45) is 56.4. The first kappa shape index (κ1) is 93.5. The number of unbranched alkanes of at least 4 members (excludes halogenated alkanes) is 37. The fraction of sp³-hybridized carbons (Fsp3) is 0.896. The molecule has 0 bridgehead atoms. The van der Waals surface area contributed by atoms with E-state index in [0.29, 0.717) is 25.7 Å². The molecule has 566 valence electrons. The van der Waals surface area contributed by atoms with E-state index in [2.05, 4.69) is 72.8 Å². The zero-order chi connectivity index (χ0) is 70.9. The van der Waals surface area contributed by atoms with Crippen molar-refractivity contribution in [3.05, 3.63) is 24.3 Å². The lowest BCUT2D eigenvalue weighted by Crippen LogP contribution is -2.30. The number of hydrogen-bond donors (Lipinski definition) is 3. The molecule has 0 radical (unpaired) electrons. The second-order valence-electron chi connectivity index (χ2n) is 28.3. The van der Waals surface area contributed by atoms with Crippen molar-refractivity contribution in [3.63, 3.8) is 0 Å². The second kappa shape index (κ2) is 67.1. The summed E-state index contributed by atoms with van der Waals surface area (Å²) < 4.78 is 68.5. The van der Waals surface area contributed by atoms with E-state index in [9.17, 15) is 43.2 Å². The van der Waals surface area contributed by atoms with Crippen molar-refractivity contribution in [2.75, 3.05) is 39.6 Å². The van der Waals surface area contributed by atoms with Crippen LogP contribution < -0.4 is 0 Å². The Bertz CT molecular complexity index is 1970. The van der Waals surface area contributed by atoms with Crippen LogP contribution in [0.4, 0.5) is 0 Å². The molecule has 19 heteroatoms. The molecule has 0 aliphatic rings. The summed E-state index contributed by atoms with van der Waals surface area (Å²) in [6.45, 7) is 11.8. The van der Waals surface area contributed by atoms with Crippen molar-refractivity contribution in [1.29, 1.82) is 0 Å². The topological polar surface area (TPSA) is 237 Å². The molecule has 0 aliphatic heterocycles. The molecule has 0 rings (SSSR count). The third-order valence-corrected chi connectivity index (χ3v) is 19.5. The molecule has 6 atom stereocenters. The maximum atomic E-state index is 13.1. The Kier molecular flexibility index (Phi) is 65.3. The average molecular weight is 1410 g/mol. The molecule has 96 heavy (non-hydrogen) atoms. The Morgan fingerprint density at radius 3 is 0.927 bits per heavy atom. The third kappa shape index (κ3) is 68.7. The molecule has 0 saturated carbocycles. The largest absolute Gasteiger partial charge is 0.472 e. The zero-order valence-corrected chi connectivity index (χ0v) is 64.1. The van der Waals surface area contributed by atoms with Gasteiger partial charge in [-0.15, -0.1) is 0 Å². The highest BCUT2D eigenvalue weighted by Gasteiger charge is 2.30. The van der Waals surface area contributed by atoms with Gasteiger partial charge in [-0.25, -0.2) is 9.13 Å². The number of carbonyl (C=O) groups excluding carboxylic acids is 4. The molecular formula is C77H146O17P2. The van der Waals surface area contributed by atoms with Gasteiger partial charge in [0.25, 0.3) is 0 Å². The number of allylic oxidation sites excluding steroid dienone is 4. The van der Waals surface area contributed by atoms with Crippen molar-refractivity contribution in [1.82, 2.24) is 0 Å². The molecule has 3 unspecified atom stereocenters. The van der Waals surface area contributed by atoms with Crippen LogP contribution in [0.2, 0.25) is 0 Å². The summed E-state index contributed by atoms with van der Waals surface area (Å²) in [4.78, 5) is 72.8. The first-order valence-corrected chi connectivity index (χ1v) is 42.2. The molecule has 0 fully saturated rings. The Morgan fingerprint density at radius 1 is 0.344 bits per heavy atom. The molecule has 0 saturated heterocycles. The predicted octanol–water partition coefficient (Wildman–Crippen LogP) is 22.1. The van der Waals surface area contributed by atoms with Gasteiger partial charge in [0.1, 0.15) is 19.3 Å². The minimum Gasteiger partial charge on any atom is -0.462 e. The number of aliphatic hydroxyl groups is 1. The van der Waals surface area contributed by atoms with Crippen LogP contribution >= 0.6 is 15.6 Å². The molecule has 0 aliphatic carbocycles. The van der Waals surface area contributed by atoms with Crippen LogP contribution in [0.5, 0.6) is 0 Å². The number of ether oxygens (including phenoxy) is 4. The second-order valence-corrected chi connectivity index (χ2v) is 31.2. The lowest BCUT2D eigenvalue weighted by Gasteiger charge is -2.21. The lowest BCUT2D eigenvalue weighted by atomic mass is 10.00. The number of aliphatic hydroxyl groups excluding tert-OH is 1. The molecule has 0 amide bonds. The highest BCUT2D eigenvalue weighted by molar-refractivity contribution is 7.47. The molecule has 0 spiro atoms. The SMILES string of the molecule is CCCCCC/C=C\C=C/CCCCCCCC(=O)OC[C@H](COP(=O)(O)OC[C@@H](O)COP(=O)(O)OC[C@@H](COC(=O)CCCCCCCCC(C)CC)OC(=O)CCCCCCCCCCCCCCCCCCC(C)C)OC(=O)CCCCCCCCCCCC(C)C. The molecule has 0 aromatic carbocycles. The van der Waals surface area contributed by atoms with Gasteiger partial charge in [0.2, 0.25) is 0 Å². The first-order chi connectivity index (χ1) is 46.3. The highest BCUT2D eigenvalue weighted by atomic mass is 31.2. The summed E-state index contributed by atoms with van der Waals surface area (Å²) in [5.41, 5.74) is 0. The Balaban J connectivity index is 5.25. The van der Waals surface area contributed by atoms with Crippen molar-refractivity contribution < 1.29 is 80.2 Å². The van der Waals surface area contributed by atoms with Crippen LogP contribution in [0.15, 0.2) is 24.3 Å². The van der Waals surface area contributed by atoms with Crippen molar-refractivity contribution in [2.45, 2.75) is 388 Å². The Labute approximate surface area is 586 Å². The summed E-state index contributed by atoms with van der Waals surface area (Å²) in [5, 5.41) is 10.6. The lowest BCUT2D eigenvalue weighted by molar-refractivity contribution is -0.161. The zero-order valence-electron chi connectivity index (χ0n) is 62.3.